The van der Waals surface area contributed by atoms with E-state index in [-0.39, 0.29) is 19.3 Å². The van der Waals surface area contributed by atoms with Gasteiger partial charge in [-0.1, -0.05) is 17.7 Å². The van der Waals surface area contributed by atoms with Gasteiger partial charge in [0.15, 0.2) is 0 Å². The summed E-state index contributed by atoms with van der Waals surface area (Å²) in [6, 6.07) is 5.31. The Kier molecular flexibility index (Phi) is 5.71. The number of aliphatic hydroxyl groups is 1. The normalized spacial score (nSPS) is 14.4. The molecule has 0 saturated carbocycles. The van der Waals surface area contributed by atoms with Gasteiger partial charge in [0.1, 0.15) is 18.5 Å². The molecule has 0 aliphatic heterocycles. The van der Waals surface area contributed by atoms with Crippen molar-refractivity contribution in [3.8, 4) is 5.75 Å². The van der Waals surface area contributed by atoms with Crippen molar-refractivity contribution in [3.63, 3.8) is 0 Å². The summed E-state index contributed by atoms with van der Waals surface area (Å²) in [5.41, 5.74) is 6.68. The number of aliphatic hydroxyl groups excluding tert-OH is 1. The lowest BCUT2D eigenvalue weighted by molar-refractivity contribution is 0.0326. The first-order valence-electron chi connectivity index (χ1n) is 5.39. The molecule has 0 radical (unpaired) electrons. The molecule has 0 heterocycles. The average Bonchev–Trinajstić information content (AvgIpc) is 2.27. The van der Waals surface area contributed by atoms with Gasteiger partial charge in [-0.3, -0.25) is 0 Å². The largest absolute Gasteiger partial charge is 0.489 e. The number of nitrogens with two attached hydrogens (primary N) is 1. The van der Waals surface area contributed by atoms with Gasteiger partial charge in [-0.05, 0) is 24.6 Å². The van der Waals surface area contributed by atoms with Crippen LogP contribution in [-0.4, -0.2) is 31.5 Å². The highest BCUT2D eigenvalue weighted by Crippen LogP contribution is 2.27. The predicted octanol–water partition coefficient (Wildman–Crippen LogP) is 1.75. The van der Waals surface area contributed by atoms with E-state index in [0.717, 1.165) is 5.56 Å². The smallest absolute Gasteiger partial charge is 0.138 e. The van der Waals surface area contributed by atoms with Crippen LogP contribution < -0.4 is 10.5 Å². The maximum absolute atomic E-state index is 9.43. The van der Waals surface area contributed by atoms with Crippen LogP contribution >= 0.6 is 11.6 Å². The average molecular weight is 260 g/mol. The molecule has 1 aromatic rings. The van der Waals surface area contributed by atoms with Gasteiger partial charge in [0.2, 0.25) is 0 Å². The molecule has 0 fully saturated rings. The first kappa shape index (κ1) is 14.3. The second kappa shape index (κ2) is 6.81. The predicted molar refractivity (Wildman–Crippen MR) is 67.4 cm³/mol. The number of methoxy groups -OCH3 is 1. The van der Waals surface area contributed by atoms with E-state index in [1.165, 1.54) is 7.11 Å². The van der Waals surface area contributed by atoms with Crippen LogP contribution in [0.25, 0.3) is 0 Å². The Morgan fingerprint density at radius 2 is 2.12 bits per heavy atom. The van der Waals surface area contributed by atoms with Crippen LogP contribution in [0, 0.1) is 0 Å². The SMILES string of the molecule is COCC(O)COc1ccc(C(C)N)cc1Cl. The van der Waals surface area contributed by atoms with E-state index < -0.39 is 6.10 Å². The van der Waals surface area contributed by atoms with Crippen molar-refractivity contribution in [1.82, 2.24) is 0 Å². The van der Waals surface area contributed by atoms with E-state index >= 15 is 0 Å². The fourth-order valence-corrected chi connectivity index (χ4v) is 1.59. The second-order valence-corrected chi connectivity index (χ2v) is 4.31. The van der Waals surface area contributed by atoms with Crippen LogP contribution in [-0.2, 0) is 4.74 Å². The monoisotopic (exact) mass is 259 g/mol. The van der Waals surface area contributed by atoms with E-state index in [4.69, 9.17) is 26.8 Å². The molecule has 0 aliphatic carbocycles. The first-order chi connectivity index (χ1) is 8.04. The molecule has 3 N–H and O–H groups in total. The molecule has 0 spiro atoms. The van der Waals surface area contributed by atoms with Crippen molar-refractivity contribution in [2.45, 2.75) is 19.1 Å². The number of hydrogen-bond acceptors (Lipinski definition) is 4. The number of benzene rings is 1. The summed E-state index contributed by atoms with van der Waals surface area (Å²) in [5.74, 6) is 0.534. The van der Waals surface area contributed by atoms with Crippen LogP contribution in [0.3, 0.4) is 0 Å². The van der Waals surface area contributed by atoms with Gasteiger partial charge < -0.3 is 20.3 Å². The zero-order valence-electron chi connectivity index (χ0n) is 10.0. The maximum atomic E-state index is 9.43. The molecule has 4 nitrogen and oxygen atoms in total. The van der Waals surface area contributed by atoms with Gasteiger partial charge >= 0.3 is 0 Å². The van der Waals surface area contributed by atoms with Gasteiger partial charge in [0.05, 0.1) is 11.6 Å². The Bertz CT molecular complexity index is 358. The fraction of sp³-hybridized carbons (Fsp3) is 0.500. The van der Waals surface area contributed by atoms with Crippen molar-refractivity contribution < 1.29 is 14.6 Å². The minimum absolute atomic E-state index is 0.0689. The molecule has 0 aromatic heterocycles. The lowest BCUT2D eigenvalue weighted by atomic mass is 10.1. The second-order valence-electron chi connectivity index (χ2n) is 3.90. The van der Waals surface area contributed by atoms with Gasteiger partial charge in [-0.25, -0.2) is 0 Å². The summed E-state index contributed by atoms with van der Waals surface area (Å²) in [6.07, 6.45) is -0.663. The molecule has 2 atom stereocenters. The molecule has 17 heavy (non-hydrogen) atoms. The number of ether oxygens (including phenoxy) is 2. The summed E-state index contributed by atoms with van der Waals surface area (Å²) < 4.78 is 10.2. The topological polar surface area (TPSA) is 64.7 Å². The maximum Gasteiger partial charge on any atom is 0.138 e. The summed E-state index contributed by atoms with van der Waals surface area (Å²) >= 11 is 6.04. The molecular formula is C12H18ClNO3. The molecule has 0 amide bonds. The Balaban J connectivity index is 2.60. The van der Waals surface area contributed by atoms with Gasteiger partial charge in [0.25, 0.3) is 0 Å². The lowest BCUT2D eigenvalue weighted by Gasteiger charge is -2.13. The Morgan fingerprint density at radius 1 is 1.41 bits per heavy atom. The van der Waals surface area contributed by atoms with Crippen LogP contribution in [0.2, 0.25) is 5.02 Å². The quantitative estimate of drug-likeness (QED) is 0.817. The molecule has 2 unspecified atom stereocenters. The molecule has 0 bridgehead atoms. The molecule has 5 heteroatoms. The lowest BCUT2D eigenvalue weighted by Crippen LogP contribution is -2.22. The fourth-order valence-electron chi connectivity index (χ4n) is 1.34. The Labute approximate surface area is 106 Å². The van der Waals surface area contributed by atoms with Crippen LogP contribution in [0.1, 0.15) is 18.5 Å². The van der Waals surface area contributed by atoms with Crippen LogP contribution in [0.4, 0.5) is 0 Å². The zero-order chi connectivity index (χ0) is 12.8. The molecule has 0 saturated heterocycles. The number of hydrogen-bond donors (Lipinski definition) is 2. The Morgan fingerprint density at radius 3 is 2.65 bits per heavy atom. The zero-order valence-corrected chi connectivity index (χ0v) is 10.8. The highest BCUT2D eigenvalue weighted by atomic mass is 35.5. The highest BCUT2D eigenvalue weighted by Gasteiger charge is 2.08. The van der Waals surface area contributed by atoms with Crippen molar-refractivity contribution in [2.24, 2.45) is 5.73 Å². The third-order valence-electron chi connectivity index (χ3n) is 2.27. The van der Waals surface area contributed by atoms with Gasteiger partial charge in [-0.2, -0.15) is 0 Å². The number of halogens is 1. The summed E-state index contributed by atoms with van der Waals surface area (Å²) in [6.45, 7) is 2.26. The Hall–Kier alpha value is -0.810. The van der Waals surface area contributed by atoms with Crippen molar-refractivity contribution in [1.29, 1.82) is 0 Å². The number of rotatable bonds is 6. The van der Waals surface area contributed by atoms with E-state index in [1.807, 2.05) is 13.0 Å². The summed E-state index contributed by atoms with van der Waals surface area (Å²) in [7, 11) is 1.52. The standard InChI is InChI=1S/C12H18ClNO3/c1-8(14)9-3-4-12(11(13)5-9)17-7-10(15)6-16-2/h3-5,8,10,15H,6-7,14H2,1-2H3. The highest BCUT2D eigenvalue weighted by molar-refractivity contribution is 6.32. The minimum atomic E-state index is -0.663. The molecule has 96 valence electrons. The molecule has 1 rings (SSSR count). The van der Waals surface area contributed by atoms with Crippen LogP contribution in [0.5, 0.6) is 5.75 Å². The van der Waals surface area contributed by atoms with Crippen molar-refractivity contribution >= 4 is 11.6 Å². The van der Waals surface area contributed by atoms with Gasteiger partial charge in [-0.15, -0.1) is 0 Å². The summed E-state index contributed by atoms with van der Waals surface area (Å²) in [4.78, 5) is 0. The molecular weight excluding hydrogens is 242 g/mol. The minimum Gasteiger partial charge on any atom is -0.489 e. The molecule has 1 aromatic carbocycles. The third kappa shape index (κ3) is 4.52. The van der Waals surface area contributed by atoms with E-state index in [2.05, 4.69) is 0 Å². The summed E-state index contributed by atoms with van der Waals surface area (Å²) in [5, 5.41) is 9.92. The van der Waals surface area contributed by atoms with Gasteiger partial charge in [0, 0.05) is 13.2 Å². The first-order valence-corrected chi connectivity index (χ1v) is 5.77. The van der Waals surface area contributed by atoms with Crippen LogP contribution in [0.15, 0.2) is 18.2 Å². The molecule has 0 aliphatic rings. The third-order valence-corrected chi connectivity index (χ3v) is 2.57. The van der Waals surface area contributed by atoms with E-state index in [9.17, 15) is 5.11 Å². The van der Waals surface area contributed by atoms with Crippen molar-refractivity contribution in [2.75, 3.05) is 20.3 Å². The van der Waals surface area contributed by atoms with Crippen molar-refractivity contribution in [3.05, 3.63) is 28.8 Å². The van der Waals surface area contributed by atoms with E-state index in [1.54, 1.807) is 12.1 Å². The van der Waals surface area contributed by atoms with E-state index in [0.29, 0.717) is 10.8 Å².